The minimum absolute atomic E-state index is 0.0117. The van der Waals surface area contributed by atoms with Crippen molar-refractivity contribution in [2.75, 3.05) is 13.2 Å². The molecule has 0 bridgehead atoms. The van der Waals surface area contributed by atoms with Crippen LogP contribution in [0.1, 0.15) is 28.9 Å². The number of hydrogen-bond donors (Lipinski definition) is 1. The van der Waals surface area contributed by atoms with E-state index < -0.39 is 0 Å². The third-order valence-electron chi connectivity index (χ3n) is 3.54. The van der Waals surface area contributed by atoms with Gasteiger partial charge in [-0.15, -0.1) is 11.3 Å². The molecule has 0 saturated heterocycles. The number of aliphatic hydroxyl groups excluding tert-OH is 1. The van der Waals surface area contributed by atoms with Crippen molar-refractivity contribution in [3.8, 4) is 5.75 Å². The molecule has 1 heterocycles. The molecule has 1 aromatic carbocycles. The lowest BCUT2D eigenvalue weighted by Gasteiger charge is -2.21. The topological polar surface area (TPSA) is 62.7 Å². The maximum Gasteiger partial charge on any atom is 0.254 e. The van der Waals surface area contributed by atoms with E-state index >= 15 is 0 Å². The fraction of sp³-hybridized carbons (Fsp3) is 0.375. The molecule has 1 aliphatic carbocycles. The van der Waals surface area contributed by atoms with Gasteiger partial charge in [-0.3, -0.25) is 4.79 Å². The van der Waals surface area contributed by atoms with E-state index in [1.165, 1.54) is 11.3 Å². The molecule has 0 spiro atoms. The maximum atomic E-state index is 12.5. The lowest BCUT2D eigenvalue weighted by atomic mass is 10.2. The van der Waals surface area contributed by atoms with E-state index in [2.05, 4.69) is 4.98 Å². The molecule has 6 heteroatoms. The third-order valence-corrected chi connectivity index (χ3v) is 4.18. The van der Waals surface area contributed by atoms with Crippen molar-refractivity contribution in [3.63, 3.8) is 0 Å². The van der Waals surface area contributed by atoms with Crippen LogP contribution in [0.3, 0.4) is 0 Å². The van der Waals surface area contributed by atoms with Crippen molar-refractivity contribution in [2.24, 2.45) is 0 Å². The largest absolute Gasteiger partial charge is 0.487 e. The van der Waals surface area contributed by atoms with Crippen LogP contribution in [-0.4, -0.2) is 40.1 Å². The smallest absolute Gasteiger partial charge is 0.254 e. The third kappa shape index (κ3) is 3.64. The standard InChI is InChI=1S/C16H18N2O3S/c19-7-6-18(14-4-5-14)16(20)12-2-1-3-15(8-12)21-9-13-10-22-11-17-13/h1-3,8,10-11,14,19H,4-7,9H2. The first-order valence-electron chi connectivity index (χ1n) is 7.29. The predicted octanol–water partition coefficient (Wildman–Crippen LogP) is 2.32. The molecule has 2 aromatic rings. The van der Waals surface area contributed by atoms with Gasteiger partial charge in [0.15, 0.2) is 0 Å². The van der Waals surface area contributed by atoms with Crippen LogP contribution in [0.15, 0.2) is 35.2 Å². The highest BCUT2D eigenvalue weighted by Crippen LogP contribution is 2.28. The van der Waals surface area contributed by atoms with Crippen molar-refractivity contribution < 1.29 is 14.6 Å². The number of aromatic nitrogens is 1. The number of nitrogens with zero attached hydrogens (tertiary/aromatic N) is 2. The highest BCUT2D eigenvalue weighted by Gasteiger charge is 2.32. The molecule has 1 aliphatic rings. The summed E-state index contributed by atoms with van der Waals surface area (Å²) in [4.78, 5) is 18.5. The number of carbonyl (C=O) groups is 1. The van der Waals surface area contributed by atoms with Crippen LogP contribution in [0.4, 0.5) is 0 Å². The summed E-state index contributed by atoms with van der Waals surface area (Å²) < 4.78 is 5.68. The minimum Gasteiger partial charge on any atom is -0.487 e. The van der Waals surface area contributed by atoms with Crippen LogP contribution >= 0.6 is 11.3 Å². The summed E-state index contributed by atoms with van der Waals surface area (Å²) in [6.45, 7) is 0.764. The SMILES string of the molecule is O=C(c1cccc(OCc2cscn2)c1)N(CCO)C1CC1. The molecule has 1 amide bonds. The van der Waals surface area contributed by atoms with Crippen LogP contribution in [0.5, 0.6) is 5.75 Å². The first-order valence-corrected chi connectivity index (χ1v) is 8.24. The van der Waals surface area contributed by atoms with E-state index in [1.807, 2.05) is 17.5 Å². The molecule has 0 radical (unpaired) electrons. The van der Waals surface area contributed by atoms with Crippen molar-refractivity contribution in [1.82, 2.24) is 9.88 Å². The van der Waals surface area contributed by atoms with E-state index in [-0.39, 0.29) is 18.6 Å². The second-order valence-electron chi connectivity index (χ2n) is 5.25. The van der Waals surface area contributed by atoms with Crippen LogP contribution < -0.4 is 4.74 Å². The monoisotopic (exact) mass is 318 g/mol. The van der Waals surface area contributed by atoms with Gasteiger partial charge < -0.3 is 14.7 Å². The Balaban J connectivity index is 1.68. The number of amides is 1. The summed E-state index contributed by atoms with van der Waals surface area (Å²) in [7, 11) is 0. The molecule has 1 saturated carbocycles. The van der Waals surface area contributed by atoms with E-state index in [0.29, 0.717) is 24.5 Å². The fourth-order valence-electron chi connectivity index (χ4n) is 2.29. The number of carbonyl (C=O) groups excluding carboxylic acids is 1. The van der Waals surface area contributed by atoms with Crippen LogP contribution in [0.2, 0.25) is 0 Å². The Kier molecular flexibility index (Phi) is 4.70. The highest BCUT2D eigenvalue weighted by molar-refractivity contribution is 7.07. The number of ether oxygens (including phenoxy) is 1. The first-order chi connectivity index (χ1) is 10.8. The Morgan fingerprint density at radius 1 is 1.45 bits per heavy atom. The average molecular weight is 318 g/mol. The summed E-state index contributed by atoms with van der Waals surface area (Å²) in [6.07, 6.45) is 2.04. The molecule has 1 aromatic heterocycles. The molecule has 0 aliphatic heterocycles. The van der Waals surface area contributed by atoms with Gasteiger partial charge in [-0.05, 0) is 31.0 Å². The van der Waals surface area contributed by atoms with Crippen molar-refractivity contribution in [2.45, 2.75) is 25.5 Å². The van der Waals surface area contributed by atoms with Gasteiger partial charge in [0.25, 0.3) is 5.91 Å². The van der Waals surface area contributed by atoms with Crippen LogP contribution in [-0.2, 0) is 6.61 Å². The number of rotatable bonds is 7. The zero-order valence-electron chi connectivity index (χ0n) is 12.1. The number of benzene rings is 1. The Morgan fingerprint density at radius 3 is 3.00 bits per heavy atom. The van der Waals surface area contributed by atoms with Gasteiger partial charge in [-0.2, -0.15) is 0 Å². The molecule has 0 unspecified atom stereocenters. The van der Waals surface area contributed by atoms with Gasteiger partial charge in [-0.1, -0.05) is 6.07 Å². The maximum absolute atomic E-state index is 12.5. The Labute approximate surface area is 133 Å². The van der Waals surface area contributed by atoms with E-state index in [4.69, 9.17) is 9.84 Å². The summed E-state index contributed by atoms with van der Waals surface area (Å²) in [5.74, 6) is 0.606. The van der Waals surface area contributed by atoms with Gasteiger partial charge in [0.1, 0.15) is 12.4 Å². The fourth-order valence-corrected chi connectivity index (χ4v) is 2.84. The number of hydrogen-bond acceptors (Lipinski definition) is 5. The quantitative estimate of drug-likeness (QED) is 0.851. The highest BCUT2D eigenvalue weighted by atomic mass is 32.1. The molecule has 22 heavy (non-hydrogen) atoms. The second kappa shape index (κ2) is 6.89. The molecular weight excluding hydrogens is 300 g/mol. The van der Waals surface area contributed by atoms with Gasteiger partial charge in [0.2, 0.25) is 0 Å². The van der Waals surface area contributed by atoms with Gasteiger partial charge in [-0.25, -0.2) is 4.98 Å². The molecule has 0 atom stereocenters. The minimum atomic E-state index is -0.0457. The van der Waals surface area contributed by atoms with Crippen molar-refractivity contribution in [1.29, 1.82) is 0 Å². The number of thiazole rings is 1. The van der Waals surface area contributed by atoms with Crippen LogP contribution in [0, 0.1) is 0 Å². The summed E-state index contributed by atoms with van der Waals surface area (Å²) >= 11 is 1.53. The zero-order chi connectivity index (χ0) is 15.4. The molecule has 1 N–H and O–H groups in total. The van der Waals surface area contributed by atoms with Crippen LogP contribution in [0.25, 0.3) is 0 Å². The van der Waals surface area contributed by atoms with E-state index in [1.54, 1.807) is 22.5 Å². The molecule has 3 rings (SSSR count). The van der Waals surface area contributed by atoms with Gasteiger partial charge >= 0.3 is 0 Å². The lowest BCUT2D eigenvalue weighted by molar-refractivity contribution is 0.0707. The van der Waals surface area contributed by atoms with Gasteiger partial charge in [0, 0.05) is 23.5 Å². The summed E-state index contributed by atoms with van der Waals surface area (Å²) in [5.41, 5.74) is 3.24. The van der Waals surface area contributed by atoms with E-state index in [0.717, 1.165) is 18.5 Å². The number of aliphatic hydroxyl groups is 1. The zero-order valence-corrected chi connectivity index (χ0v) is 13.0. The van der Waals surface area contributed by atoms with Crippen molar-refractivity contribution in [3.05, 3.63) is 46.4 Å². The average Bonchev–Trinajstić information content (AvgIpc) is 3.25. The first kappa shape index (κ1) is 15.0. The molecular formula is C16H18N2O3S. The van der Waals surface area contributed by atoms with Gasteiger partial charge in [0.05, 0.1) is 17.8 Å². The normalized spacial score (nSPS) is 13.9. The van der Waals surface area contributed by atoms with E-state index in [9.17, 15) is 4.79 Å². The summed E-state index contributed by atoms with van der Waals surface area (Å²) in [6, 6.07) is 7.45. The Morgan fingerprint density at radius 2 is 2.32 bits per heavy atom. The van der Waals surface area contributed by atoms with Crippen molar-refractivity contribution >= 4 is 17.2 Å². The Bertz CT molecular complexity index is 626. The molecule has 5 nitrogen and oxygen atoms in total. The Hall–Kier alpha value is -1.92. The lowest BCUT2D eigenvalue weighted by Crippen LogP contribution is -2.35. The molecule has 116 valence electrons. The predicted molar refractivity (Wildman–Crippen MR) is 84.0 cm³/mol. The molecule has 1 fully saturated rings. The summed E-state index contributed by atoms with van der Waals surface area (Å²) in [5, 5.41) is 11.1. The second-order valence-corrected chi connectivity index (χ2v) is 5.97.